The number of pyridine rings is 1. The minimum Gasteiger partial charge on any atom is -0.394 e. The number of carbonyl (C=O) groups excluding carboxylic acids is 1. The van der Waals surface area contributed by atoms with E-state index in [4.69, 9.17) is 9.84 Å². The first-order chi connectivity index (χ1) is 8.24. The number of carbonyl (C=O) groups is 1. The fraction of sp³-hybridized carbons (Fsp3) is 0.455. The SMILES string of the molecule is O=C(NCCCOCCO)c1cccc(=O)[nH]1. The second-order valence-electron chi connectivity index (χ2n) is 3.37. The van der Waals surface area contributed by atoms with Crippen molar-refractivity contribution in [1.29, 1.82) is 0 Å². The van der Waals surface area contributed by atoms with Gasteiger partial charge in [-0.1, -0.05) is 6.07 Å². The number of hydrogen-bond acceptors (Lipinski definition) is 4. The van der Waals surface area contributed by atoms with Crippen molar-refractivity contribution < 1.29 is 14.6 Å². The molecule has 0 spiro atoms. The molecule has 1 heterocycles. The molecule has 0 saturated carbocycles. The highest BCUT2D eigenvalue weighted by molar-refractivity contribution is 5.92. The van der Waals surface area contributed by atoms with Crippen molar-refractivity contribution in [3.63, 3.8) is 0 Å². The lowest BCUT2D eigenvalue weighted by Gasteiger charge is -2.05. The number of aromatic amines is 1. The summed E-state index contributed by atoms with van der Waals surface area (Å²) in [6.07, 6.45) is 0.656. The number of H-pyrrole nitrogens is 1. The minimum atomic E-state index is -0.315. The van der Waals surface area contributed by atoms with Gasteiger partial charge in [0.05, 0.1) is 13.2 Å². The minimum absolute atomic E-state index is 0.00237. The molecule has 3 N–H and O–H groups in total. The quantitative estimate of drug-likeness (QED) is 0.560. The molecule has 6 nitrogen and oxygen atoms in total. The van der Waals surface area contributed by atoms with E-state index in [1.54, 1.807) is 6.07 Å². The maximum absolute atomic E-state index is 11.5. The topological polar surface area (TPSA) is 91.4 Å². The van der Waals surface area contributed by atoms with Gasteiger partial charge in [-0.25, -0.2) is 0 Å². The van der Waals surface area contributed by atoms with Crippen molar-refractivity contribution in [3.8, 4) is 0 Å². The van der Waals surface area contributed by atoms with Gasteiger partial charge in [0, 0.05) is 19.2 Å². The lowest BCUT2D eigenvalue weighted by Crippen LogP contribution is -2.27. The molecule has 94 valence electrons. The Morgan fingerprint density at radius 3 is 2.94 bits per heavy atom. The van der Waals surface area contributed by atoms with Crippen LogP contribution in [0, 0.1) is 0 Å². The standard InChI is InChI=1S/C11H16N2O4/c14-6-8-17-7-2-5-12-11(16)9-3-1-4-10(15)13-9/h1,3-4,14H,2,5-8H2,(H,12,16)(H,13,15). The Labute approximate surface area is 98.6 Å². The first kappa shape index (κ1) is 13.4. The third-order valence-electron chi connectivity index (χ3n) is 2.00. The number of aromatic nitrogens is 1. The molecular weight excluding hydrogens is 224 g/mol. The fourth-order valence-corrected chi connectivity index (χ4v) is 1.22. The molecule has 0 aliphatic carbocycles. The molecule has 0 fully saturated rings. The van der Waals surface area contributed by atoms with Crippen LogP contribution in [0.1, 0.15) is 16.9 Å². The Hall–Kier alpha value is -1.66. The van der Waals surface area contributed by atoms with Gasteiger partial charge in [0.1, 0.15) is 5.69 Å². The van der Waals surface area contributed by atoms with Gasteiger partial charge in [-0.05, 0) is 12.5 Å². The number of nitrogens with one attached hydrogen (secondary N) is 2. The van der Waals surface area contributed by atoms with E-state index < -0.39 is 0 Å². The number of aliphatic hydroxyl groups is 1. The zero-order valence-corrected chi connectivity index (χ0v) is 9.44. The van der Waals surface area contributed by atoms with Crippen molar-refractivity contribution in [2.24, 2.45) is 0 Å². The van der Waals surface area contributed by atoms with E-state index in [0.29, 0.717) is 26.2 Å². The van der Waals surface area contributed by atoms with Gasteiger partial charge in [0.2, 0.25) is 5.56 Å². The summed E-state index contributed by atoms with van der Waals surface area (Å²) < 4.78 is 5.03. The van der Waals surface area contributed by atoms with Crippen LogP contribution in [0.4, 0.5) is 0 Å². The van der Waals surface area contributed by atoms with Crippen LogP contribution in [0.2, 0.25) is 0 Å². The highest BCUT2D eigenvalue weighted by atomic mass is 16.5. The van der Waals surface area contributed by atoms with E-state index in [9.17, 15) is 9.59 Å². The third kappa shape index (κ3) is 5.28. The largest absolute Gasteiger partial charge is 0.394 e. The molecule has 0 aromatic carbocycles. The Balaban J connectivity index is 2.24. The summed E-state index contributed by atoms with van der Waals surface area (Å²) >= 11 is 0. The van der Waals surface area contributed by atoms with Crippen molar-refractivity contribution >= 4 is 5.91 Å². The number of rotatable bonds is 7. The van der Waals surface area contributed by atoms with Gasteiger partial charge in [-0.15, -0.1) is 0 Å². The van der Waals surface area contributed by atoms with Crippen LogP contribution >= 0.6 is 0 Å². The van der Waals surface area contributed by atoms with Gasteiger partial charge in [0.25, 0.3) is 5.91 Å². The summed E-state index contributed by atoms with van der Waals surface area (Å²) in [6.45, 7) is 1.24. The molecular formula is C11H16N2O4. The number of hydrogen-bond donors (Lipinski definition) is 3. The van der Waals surface area contributed by atoms with E-state index in [1.807, 2.05) is 0 Å². The second kappa shape index (κ2) is 7.59. The molecule has 1 rings (SSSR count). The molecule has 0 saturated heterocycles. The van der Waals surface area contributed by atoms with Crippen LogP contribution in [0.3, 0.4) is 0 Å². The fourth-order valence-electron chi connectivity index (χ4n) is 1.22. The number of ether oxygens (including phenoxy) is 1. The van der Waals surface area contributed by atoms with E-state index in [0.717, 1.165) is 0 Å². The average Bonchev–Trinajstić information content (AvgIpc) is 2.33. The Morgan fingerprint density at radius 2 is 2.24 bits per heavy atom. The monoisotopic (exact) mass is 240 g/mol. The van der Waals surface area contributed by atoms with Gasteiger partial charge in [0.15, 0.2) is 0 Å². The Morgan fingerprint density at radius 1 is 1.41 bits per heavy atom. The summed E-state index contributed by atoms with van der Waals surface area (Å²) in [5.74, 6) is -0.315. The molecule has 6 heteroatoms. The van der Waals surface area contributed by atoms with Crippen LogP contribution in [0.25, 0.3) is 0 Å². The Kier molecular flexibility index (Phi) is 5.98. The van der Waals surface area contributed by atoms with Crippen LogP contribution in [0.5, 0.6) is 0 Å². The molecule has 0 unspecified atom stereocenters. The summed E-state index contributed by atoms with van der Waals surface area (Å²) in [6, 6.07) is 4.41. The van der Waals surface area contributed by atoms with Gasteiger partial charge < -0.3 is 20.1 Å². The van der Waals surface area contributed by atoms with Gasteiger partial charge in [-0.2, -0.15) is 0 Å². The zero-order chi connectivity index (χ0) is 12.5. The van der Waals surface area contributed by atoms with Crippen molar-refractivity contribution in [3.05, 3.63) is 34.2 Å². The molecule has 0 aliphatic rings. The predicted octanol–water partition coefficient (Wildman–Crippen LogP) is -0.496. The molecule has 0 radical (unpaired) electrons. The molecule has 17 heavy (non-hydrogen) atoms. The molecule has 1 aromatic heterocycles. The van der Waals surface area contributed by atoms with Crippen molar-refractivity contribution in [1.82, 2.24) is 10.3 Å². The molecule has 0 aliphatic heterocycles. The van der Waals surface area contributed by atoms with Gasteiger partial charge >= 0.3 is 0 Å². The molecule has 0 bridgehead atoms. The lowest BCUT2D eigenvalue weighted by atomic mass is 10.3. The highest BCUT2D eigenvalue weighted by Crippen LogP contribution is 1.90. The van der Waals surface area contributed by atoms with Crippen molar-refractivity contribution in [2.75, 3.05) is 26.4 Å². The first-order valence-electron chi connectivity index (χ1n) is 5.40. The molecule has 1 aromatic rings. The smallest absolute Gasteiger partial charge is 0.267 e. The summed E-state index contributed by atoms with van der Waals surface area (Å²) in [5.41, 5.74) is -0.0577. The summed E-state index contributed by atoms with van der Waals surface area (Å²) in [7, 11) is 0. The first-order valence-corrected chi connectivity index (χ1v) is 5.40. The Bertz CT molecular complexity index is 402. The van der Waals surface area contributed by atoms with Crippen LogP contribution in [0.15, 0.2) is 23.0 Å². The van der Waals surface area contributed by atoms with Crippen molar-refractivity contribution in [2.45, 2.75) is 6.42 Å². The lowest BCUT2D eigenvalue weighted by molar-refractivity contribution is 0.0865. The number of aliphatic hydroxyl groups excluding tert-OH is 1. The maximum Gasteiger partial charge on any atom is 0.267 e. The van der Waals surface area contributed by atoms with Crippen LogP contribution in [-0.4, -0.2) is 42.4 Å². The van der Waals surface area contributed by atoms with E-state index in [2.05, 4.69) is 10.3 Å². The molecule has 0 atom stereocenters. The average molecular weight is 240 g/mol. The van der Waals surface area contributed by atoms with Crippen LogP contribution in [-0.2, 0) is 4.74 Å². The summed E-state index contributed by atoms with van der Waals surface area (Å²) in [4.78, 5) is 24.9. The maximum atomic E-state index is 11.5. The zero-order valence-electron chi connectivity index (χ0n) is 9.44. The predicted molar refractivity (Wildman–Crippen MR) is 61.9 cm³/mol. The van der Waals surface area contributed by atoms with E-state index >= 15 is 0 Å². The van der Waals surface area contributed by atoms with Crippen LogP contribution < -0.4 is 10.9 Å². The second-order valence-corrected chi connectivity index (χ2v) is 3.37. The normalized spacial score (nSPS) is 10.2. The van der Waals surface area contributed by atoms with Gasteiger partial charge in [-0.3, -0.25) is 9.59 Å². The summed E-state index contributed by atoms with van der Waals surface area (Å²) in [5, 5.41) is 11.1. The van der Waals surface area contributed by atoms with E-state index in [-0.39, 0.29) is 23.8 Å². The van der Waals surface area contributed by atoms with E-state index in [1.165, 1.54) is 12.1 Å². The molecule has 1 amide bonds. The number of amides is 1. The highest BCUT2D eigenvalue weighted by Gasteiger charge is 2.04. The third-order valence-corrected chi connectivity index (χ3v) is 2.00.